The molecule has 0 aromatic carbocycles. The molecule has 0 aromatic heterocycles. The van der Waals surface area contributed by atoms with Crippen LogP contribution in [0.3, 0.4) is 0 Å². The van der Waals surface area contributed by atoms with Gasteiger partial charge in [-0.15, -0.1) is 6.58 Å². The molecule has 19 heavy (non-hydrogen) atoms. The van der Waals surface area contributed by atoms with E-state index in [9.17, 15) is 14.4 Å². The zero-order valence-electron chi connectivity index (χ0n) is 10.5. The van der Waals surface area contributed by atoms with Crippen LogP contribution in [0.1, 0.15) is 12.8 Å². The van der Waals surface area contributed by atoms with Gasteiger partial charge >= 0.3 is 12.0 Å². The topological polar surface area (TPSA) is 133 Å². The number of amides is 3. The molecular weight excluding hydrogens is 254 g/mol. The van der Waals surface area contributed by atoms with Crippen molar-refractivity contribution in [2.75, 3.05) is 19.7 Å². The number of carboxylic acid groups (broad SMARTS) is 1. The monoisotopic (exact) mass is 273 g/mol. The number of hydrogen-bond acceptors (Lipinski definition) is 4. The molecular formula is C11H19N3O5. The zero-order valence-corrected chi connectivity index (χ0v) is 10.5. The van der Waals surface area contributed by atoms with Gasteiger partial charge in [0.25, 0.3) is 0 Å². The Balaban J connectivity index is 4.54. The largest absolute Gasteiger partial charge is 0.480 e. The van der Waals surface area contributed by atoms with E-state index in [0.29, 0.717) is 0 Å². The number of carbonyl (C=O) groups excluding carboxylic acids is 2. The van der Waals surface area contributed by atoms with Gasteiger partial charge in [0.1, 0.15) is 6.04 Å². The fourth-order valence-corrected chi connectivity index (χ4v) is 1.34. The standard InChI is InChI=1S/C11H19N3O5/c1-2-5-14(6-7-15)11(19)13-8(10(17)18)3-4-9(12)16/h2,8,15H,1,3-7H2,(H2,12,16)(H,13,19)(H,17,18)/t8-/m1/s1. The molecule has 5 N–H and O–H groups in total. The van der Waals surface area contributed by atoms with Crippen LogP contribution >= 0.6 is 0 Å². The van der Waals surface area contributed by atoms with Gasteiger partial charge < -0.3 is 26.2 Å². The first-order valence-electron chi connectivity index (χ1n) is 5.70. The maximum absolute atomic E-state index is 11.8. The van der Waals surface area contributed by atoms with Crippen LogP contribution in [0.15, 0.2) is 12.7 Å². The van der Waals surface area contributed by atoms with Crippen LogP contribution in [0, 0.1) is 0 Å². The number of nitrogens with one attached hydrogen (secondary N) is 1. The van der Waals surface area contributed by atoms with Gasteiger partial charge in [-0.25, -0.2) is 9.59 Å². The summed E-state index contributed by atoms with van der Waals surface area (Å²) < 4.78 is 0. The number of nitrogens with two attached hydrogens (primary N) is 1. The average molecular weight is 273 g/mol. The maximum Gasteiger partial charge on any atom is 0.326 e. The predicted octanol–water partition coefficient (Wildman–Crippen LogP) is -1.10. The first-order valence-corrected chi connectivity index (χ1v) is 5.70. The number of hydrogen-bond donors (Lipinski definition) is 4. The fraction of sp³-hybridized carbons (Fsp3) is 0.545. The van der Waals surface area contributed by atoms with Crippen LogP contribution in [0.5, 0.6) is 0 Å². The lowest BCUT2D eigenvalue weighted by Crippen LogP contribution is -2.49. The van der Waals surface area contributed by atoms with Gasteiger partial charge in [0.05, 0.1) is 6.61 Å². The van der Waals surface area contributed by atoms with E-state index in [0.717, 1.165) is 0 Å². The van der Waals surface area contributed by atoms with Crippen molar-refractivity contribution >= 4 is 17.9 Å². The highest BCUT2D eigenvalue weighted by atomic mass is 16.4. The van der Waals surface area contributed by atoms with Crippen LogP contribution in [-0.4, -0.2) is 58.8 Å². The van der Waals surface area contributed by atoms with Gasteiger partial charge in [0, 0.05) is 19.5 Å². The maximum atomic E-state index is 11.8. The Bertz CT molecular complexity index is 345. The Morgan fingerprint density at radius 3 is 2.47 bits per heavy atom. The van der Waals surface area contributed by atoms with E-state index in [1.54, 1.807) is 0 Å². The number of urea groups is 1. The molecule has 0 radical (unpaired) electrons. The Labute approximate surface area is 110 Å². The van der Waals surface area contributed by atoms with Crippen molar-refractivity contribution in [3.63, 3.8) is 0 Å². The van der Waals surface area contributed by atoms with Crippen LogP contribution < -0.4 is 11.1 Å². The third-order valence-corrected chi connectivity index (χ3v) is 2.28. The molecule has 8 nitrogen and oxygen atoms in total. The Morgan fingerprint density at radius 2 is 2.05 bits per heavy atom. The molecule has 0 saturated heterocycles. The molecule has 1 atom stereocenters. The zero-order chi connectivity index (χ0) is 14.8. The number of aliphatic hydroxyl groups excluding tert-OH is 1. The summed E-state index contributed by atoms with van der Waals surface area (Å²) in [4.78, 5) is 34.5. The molecule has 0 aliphatic heterocycles. The van der Waals surface area contributed by atoms with Crippen LogP contribution in [-0.2, 0) is 9.59 Å². The lowest BCUT2D eigenvalue weighted by Gasteiger charge is -2.23. The molecule has 0 spiro atoms. The van der Waals surface area contributed by atoms with E-state index in [1.165, 1.54) is 11.0 Å². The Kier molecular flexibility index (Phi) is 7.94. The molecule has 0 unspecified atom stereocenters. The normalized spacial score (nSPS) is 11.4. The molecule has 108 valence electrons. The van der Waals surface area contributed by atoms with Gasteiger partial charge in [-0.1, -0.05) is 6.08 Å². The third kappa shape index (κ3) is 7.04. The van der Waals surface area contributed by atoms with E-state index >= 15 is 0 Å². The summed E-state index contributed by atoms with van der Waals surface area (Å²) in [6, 6.07) is -1.85. The second-order valence-electron chi connectivity index (χ2n) is 3.80. The van der Waals surface area contributed by atoms with Gasteiger partial charge in [0.15, 0.2) is 0 Å². The minimum atomic E-state index is -1.25. The summed E-state index contributed by atoms with van der Waals surface area (Å²) in [5.74, 6) is -1.89. The van der Waals surface area contributed by atoms with E-state index in [4.69, 9.17) is 15.9 Å². The highest BCUT2D eigenvalue weighted by Crippen LogP contribution is 2.00. The quantitative estimate of drug-likeness (QED) is 0.395. The number of primary amides is 1. The van der Waals surface area contributed by atoms with Crippen molar-refractivity contribution < 1.29 is 24.6 Å². The van der Waals surface area contributed by atoms with Crippen LogP contribution in [0.4, 0.5) is 4.79 Å². The van der Waals surface area contributed by atoms with Crippen molar-refractivity contribution in [3.05, 3.63) is 12.7 Å². The van der Waals surface area contributed by atoms with Crippen molar-refractivity contribution in [2.45, 2.75) is 18.9 Å². The van der Waals surface area contributed by atoms with Crippen molar-refractivity contribution in [2.24, 2.45) is 5.73 Å². The number of carboxylic acids is 1. The number of rotatable bonds is 9. The summed E-state index contributed by atoms with van der Waals surface area (Å²) in [7, 11) is 0. The van der Waals surface area contributed by atoms with E-state index in [-0.39, 0.29) is 32.5 Å². The molecule has 8 heteroatoms. The molecule has 0 saturated carbocycles. The highest BCUT2D eigenvalue weighted by molar-refractivity contribution is 5.83. The number of aliphatic hydroxyl groups is 1. The second-order valence-corrected chi connectivity index (χ2v) is 3.80. The van der Waals surface area contributed by atoms with E-state index < -0.39 is 23.9 Å². The summed E-state index contributed by atoms with van der Waals surface area (Å²) in [5.41, 5.74) is 4.93. The fourth-order valence-electron chi connectivity index (χ4n) is 1.34. The molecule has 3 amide bonds. The molecule has 0 bridgehead atoms. The van der Waals surface area contributed by atoms with Gasteiger partial charge in [-0.2, -0.15) is 0 Å². The smallest absolute Gasteiger partial charge is 0.326 e. The summed E-state index contributed by atoms with van der Waals surface area (Å²) in [6.45, 7) is 3.44. The summed E-state index contributed by atoms with van der Waals surface area (Å²) in [5, 5.41) is 20.0. The SMILES string of the molecule is C=CCN(CCO)C(=O)N[C@H](CCC(N)=O)C(=O)O. The molecule has 0 rings (SSSR count). The minimum Gasteiger partial charge on any atom is -0.480 e. The van der Waals surface area contributed by atoms with Crippen LogP contribution in [0.2, 0.25) is 0 Å². The average Bonchev–Trinajstić information content (AvgIpc) is 2.33. The van der Waals surface area contributed by atoms with Gasteiger partial charge in [-0.05, 0) is 6.42 Å². The van der Waals surface area contributed by atoms with E-state index in [2.05, 4.69) is 11.9 Å². The van der Waals surface area contributed by atoms with Gasteiger partial charge in [0.2, 0.25) is 5.91 Å². The Morgan fingerprint density at radius 1 is 1.42 bits per heavy atom. The number of nitrogens with zero attached hydrogens (tertiary/aromatic N) is 1. The minimum absolute atomic E-state index is 0.0556. The lowest BCUT2D eigenvalue weighted by atomic mass is 10.1. The predicted molar refractivity (Wildman–Crippen MR) is 67.2 cm³/mol. The van der Waals surface area contributed by atoms with Crippen molar-refractivity contribution in [1.29, 1.82) is 0 Å². The highest BCUT2D eigenvalue weighted by Gasteiger charge is 2.22. The Hall–Kier alpha value is -2.09. The molecule has 0 aliphatic rings. The second kappa shape index (κ2) is 8.92. The molecule has 0 aliphatic carbocycles. The summed E-state index contributed by atoms with van der Waals surface area (Å²) >= 11 is 0. The summed E-state index contributed by atoms with van der Waals surface area (Å²) in [6.07, 6.45) is 1.23. The first-order chi connectivity index (χ1) is 8.92. The lowest BCUT2D eigenvalue weighted by molar-refractivity contribution is -0.139. The number of carbonyl (C=O) groups is 3. The molecule has 0 fully saturated rings. The number of aliphatic carboxylic acids is 1. The van der Waals surface area contributed by atoms with E-state index in [1.807, 2.05) is 0 Å². The van der Waals surface area contributed by atoms with Crippen LogP contribution in [0.25, 0.3) is 0 Å². The van der Waals surface area contributed by atoms with Crippen molar-refractivity contribution in [1.82, 2.24) is 10.2 Å². The van der Waals surface area contributed by atoms with Gasteiger partial charge in [-0.3, -0.25) is 4.79 Å². The first kappa shape index (κ1) is 16.9. The van der Waals surface area contributed by atoms with Crippen molar-refractivity contribution in [3.8, 4) is 0 Å². The third-order valence-electron chi connectivity index (χ3n) is 2.28. The molecule has 0 heterocycles. The molecule has 0 aromatic rings.